The second-order valence-electron chi connectivity index (χ2n) is 6.54. The Hall–Kier alpha value is -1.94. The van der Waals surface area contributed by atoms with E-state index in [9.17, 15) is 48.7 Å². The van der Waals surface area contributed by atoms with Crippen molar-refractivity contribution in [1.82, 2.24) is 5.32 Å². The first kappa shape index (κ1) is 30.1. The van der Waals surface area contributed by atoms with E-state index in [1.165, 1.54) is 6.92 Å². The van der Waals surface area contributed by atoms with Gasteiger partial charge in [0.2, 0.25) is 0 Å². The van der Waals surface area contributed by atoms with E-state index in [1.807, 2.05) is 5.32 Å². The number of hydrogen-bond acceptors (Lipinski definition) is 6. The lowest BCUT2D eigenvalue weighted by molar-refractivity contribution is -0.347. The second-order valence-corrected chi connectivity index (χ2v) is 8.00. The summed E-state index contributed by atoms with van der Waals surface area (Å²) in [7, 11) is -6.47. The molecular formula is C16H22F7NO7S. The van der Waals surface area contributed by atoms with E-state index < -0.39 is 76.6 Å². The number of amides is 1. The highest BCUT2D eigenvalue weighted by Gasteiger charge is 2.67. The van der Waals surface area contributed by atoms with E-state index in [2.05, 4.69) is 16.1 Å². The summed E-state index contributed by atoms with van der Waals surface area (Å²) >= 11 is 0. The van der Waals surface area contributed by atoms with Gasteiger partial charge in [-0.2, -0.15) is 39.2 Å². The Balaban J connectivity index is 5.49. The number of hydrogen-bond donors (Lipinski definition) is 2. The Morgan fingerprint density at radius 2 is 1.59 bits per heavy atom. The minimum absolute atomic E-state index is 0.186. The number of alkyl halides is 7. The molecule has 0 heterocycles. The zero-order chi connectivity index (χ0) is 25.6. The van der Waals surface area contributed by atoms with Crippen LogP contribution in [0.1, 0.15) is 39.5 Å². The highest BCUT2D eigenvalue weighted by atomic mass is 32.2. The fourth-order valence-electron chi connectivity index (χ4n) is 1.98. The van der Waals surface area contributed by atoms with Gasteiger partial charge in [0.05, 0.1) is 6.61 Å². The standard InChI is InChI=1S/C16H22F7NO7S/c1-4-8-24-12(26)14(15(19,20)21,31-11(25)10(2)3)30-9-6-5-7-13(17,18)16(22,23)32(27,28)29/h2,4-9H2,1,3H3,(H,24,26)(H,27,28,29). The largest absolute Gasteiger partial charge is 0.466 e. The monoisotopic (exact) mass is 505 g/mol. The maximum atomic E-state index is 13.7. The summed E-state index contributed by atoms with van der Waals surface area (Å²) in [5.74, 6) is -13.0. The molecule has 0 aromatic heterocycles. The van der Waals surface area contributed by atoms with Gasteiger partial charge in [0, 0.05) is 18.5 Å². The van der Waals surface area contributed by atoms with E-state index in [1.54, 1.807) is 0 Å². The van der Waals surface area contributed by atoms with Crippen LogP contribution in [0.15, 0.2) is 12.2 Å². The third kappa shape index (κ3) is 7.03. The Labute approximate surface area is 178 Å². The van der Waals surface area contributed by atoms with Crippen LogP contribution in [0.2, 0.25) is 0 Å². The first-order valence-corrected chi connectivity index (χ1v) is 10.3. The van der Waals surface area contributed by atoms with Crippen molar-refractivity contribution < 1.29 is 62.8 Å². The first-order valence-electron chi connectivity index (χ1n) is 8.87. The average molecular weight is 505 g/mol. The zero-order valence-corrected chi connectivity index (χ0v) is 17.7. The van der Waals surface area contributed by atoms with E-state index >= 15 is 0 Å². The summed E-state index contributed by atoms with van der Waals surface area (Å²) in [6, 6.07) is 0. The lowest BCUT2D eigenvalue weighted by atomic mass is 10.1. The molecule has 0 aliphatic rings. The maximum Gasteiger partial charge on any atom is 0.466 e. The van der Waals surface area contributed by atoms with Gasteiger partial charge < -0.3 is 14.8 Å². The summed E-state index contributed by atoms with van der Waals surface area (Å²) in [6.07, 6.45) is -9.16. The minimum Gasteiger partial charge on any atom is -0.412 e. The number of esters is 1. The maximum absolute atomic E-state index is 13.7. The predicted octanol–water partition coefficient (Wildman–Crippen LogP) is 3.19. The number of rotatable bonds is 13. The van der Waals surface area contributed by atoms with Gasteiger partial charge in [0.25, 0.3) is 0 Å². The molecule has 0 aromatic carbocycles. The SMILES string of the molecule is C=C(C)C(=O)OC(OCCCCC(F)(F)C(F)(F)S(=O)(=O)O)(C(=O)NCCC)C(F)(F)F. The van der Waals surface area contributed by atoms with Crippen LogP contribution in [0.5, 0.6) is 0 Å². The van der Waals surface area contributed by atoms with Gasteiger partial charge in [0.1, 0.15) is 0 Å². The van der Waals surface area contributed by atoms with Crippen LogP contribution in [0.25, 0.3) is 0 Å². The Morgan fingerprint density at radius 1 is 1.06 bits per heavy atom. The lowest BCUT2D eigenvalue weighted by Gasteiger charge is -2.33. The fourth-order valence-corrected chi connectivity index (χ4v) is 2.46. The van der Waals surface area contributed by atoms with Gasteiger partial charge in [-0.25, -0.2) is 4.79 Å². The van der Waals surface area contributed by atoms with Crippen molar-refractivity contribution in [1.29, 1.82) is 0 Å². The molecule has 1 amide bonds. The molecule has 0 bridgehead atoms. The minimum atomic E-state index is -6.47. The molecule has 32 heavy (non-hydrogen) atoms. The van der Waals surface area contributed by atoms with E-state index in [-0.39, 0.29) is 13.0 Å². The zero-order valence-electron chi connectivity index (χ0n) is 16.9. The van der Waals surface area contributed by atoms with Crippen molar-refractivity contribution in [2.45, 2.75) is 62.7 Å². The van der Waals surface area contributed by atoms with Crippen molar-refractivity contribution >= 4 is 22.0 Å². The van der Waals surface area contributed by atoms with Crippen LogP contribution in [-0.4, -0.2) is 61.1 Å². The van der Waals surface area contributed by atoms with Crippen LogP contribution >= 0.6 is 0 Å². The molecular weight excluding hydrogens is 483 g/mol. The average Bonchev–Trinajstić information content (AvgIpc) is 2.62. The number of halogens is 7. The van der Waals surface area contributed by atoms with Crippen LogP contribution in [0.4, 0.5) is 30.7 Å². The Morgan fingerprint density at radius 3 is 2.00 bits per heavy atom. The van der Waals surface area contributed by atoms with Gasteiger partial charge >= 0.3 is 45.1 Å². The predicted molar refractivity (Wildman–Crippen MR) is 94.2 cm³/mol. The molecule has 0 spiro atoms. The molecule has 0 fully saturated rings. The van der Waals surface area contributed by atoms with Crippen LogP contribution in [-0.2, 0) is 29.2 Å². The summed E-state index contributed by atoms with van der Waals surface area (Å²) in [6.45, 7) is 4.08. The van der Waals surface area contributed by atoms with E-state index in [4.69, 9.17) is 4.55 Å². The molecule has 2 N–H and O–H groups in total. The third-order valence-electron chi connectivity index (χ3n) is 3.73. The van der Waals surface area contributed by atoms with Gasteiger partial charge in [-0.1, -0.05) is 13.5 Å². The molecule has 188 valence electrons. The van der Waals surface area contributed by atoms with E-state index in [0.29, 0.717) is 0 Å². The van der Waals surface area contributed by atoms with E-state index in [0.717, 1.165) is 6.92 Å². The van der Waals surface area contributed by atoms with Gasteiger partial charge in [-0.3, -0.25) is 9.35 Å². The molecule has 0 aliphatic carbocycles. The normalized spacial score (nSPS) is 15.1. The van der Waals surface area contributed by atoms with Crippen molar-refractivity contribution in [2.24, 2.45) is 0 Å². The summed E-state index contributed by atoms with van der Waals surface area (Å²) in [5.41, 5.74) is -0.530. The third-order valence-corrected chi connectivity index (χ3v) is 4.68. The van der Waals surface area contributed by atoms with Crippen molar-refractivity contribution in [3.05, 3.63) is 12.2 Å². The lowest BCUT2D eigenvalue weighted by Crippen LogP contribution is -2.61. The summed E-state index contributed by atoms with van der Waals surface area (Å²) in [5, 5.41) is -4.02. The van der Waals surface area contributed by atoms with Crippen LogP contribution in [0, 0.1) is 0 Å². The van der Waals surface area contributed by atoms with Crippen LogP contribution < -0.4 is 5.32 Å². The van der Waals surface area contributed by atoms with Crippen LogP contribution in [0.3, 0.4) is 0 Å². The quantitative estimate of drug-likeness (QED) is 0.0986. The smallest absolute Gasteiger partial charge is 0.412 e. The molecule has 0 saturated heterocycles. The van der Waals surface area contributed by atoms with Crippen molar-refractivity contribution in [3.8, 4) is 0 Å². The van der Waals surface area contributed by atoms with Gasteiger partial charge in [0.15, 0.2) is 0 Å². The highest BCUT2D eigenvalue weighted by molar-refractivity contribution is 7.87. The van der Waals surface area contributed by atoms with Crippen molar-refractivity contribution in [3.63, 3.8) is 0 Å². The Bertz CT molecular complexity index is 799. The molecule has 0 aromatic rings. The number of carbonyl (C=O) groups excluding carboxylic acids is 2. The molecule has 0 radical (unpaired) electrons. The summed E-state index contributed by atoms with van der Waals surface area (Å²) < 4.78 is 132. The molecule has 0 aliphatic heterocycles. The molecule has 0 rings (SSSR count). The number of carbonyl (C=O) groups is 2. The molecule has 1 atom stereocenters. The topological polar surface area (TPSA) is 119 Å². The number of nitrogens with one attached hydrogen (secondary N) is 1. The Kier molecular flexibility index (Phi) is 10.1. The van der Waals surface area contributed by atoms with Gasteiger partial charge in [-0.05, 0) is 26.2 Å². The number of ether oxygens (including phenoxy) is 2. The molecule has 8 nitrogen and oxygen atoms in total. The summed E-state index contributed by atoms with van der Waals surface area (Å²) in [4.78, 5) is 23.8. The molecule has 1 unspecified atom stereocenters. The fraction of sp³-hybridized carbons (Fsp3) is 0.750. The van der Waals surface area contributed by atoms with Gasteiger partial charge in [-0.15, -0.1) is 0 Å². The molecule has 16 heteroatoms. The van der Waals surface area contributed by atoms with Crippen molar-refractivity contribution in [2.75, 3.05) is 13.2 Å². The number of unbranched alkanes of at least 4 members (excludes halogenated alkanes) is 1. The first-order chi connectivity index (χ1) is 14.3. The molecule has 0 saturated carbocycles. The highest BCUT2D eigenvalue weighted by Crippen LogP contribution is 2.42. The second kappa shape index (κ2) is 10.8.